The number of ether oxygens (including phenoxy) is 1. The van der Waals surface area contributed by atoms with Crippen molar-refractivity contribution >= 4 is 11.9 Å². The standard InChI is InChI=1S/C16H20N2O3/c1-2-17-7-9-18(10-8-17)15(19)11-14-12-5-3-4-6-13(12)16(20)21-14/h3-6,14H,2,7-11H2,1H3/p+1/t14-/m1/s1. The van der Waals surface area contributed by atoms with Gasteiger partial charge in [-0.15, -0.1) is 0 Å². The van der Waals surface area contributed by atoms with Crippen molar-refractivity contribution in [2.75, 3.05) is 32.7 Å². The molecular weight excluding hydrogens is 268 g/mol. The third kappa shape index (κ3) is 2.78. The summed E-state index contributed by atoms with van der Waals surface area (Å²) in [5.41, 5.74) is 1.43. The molecule has 2 heterocycles. The van der Waals surface area contributed by atoms with Crippen LogP contribution in [0.5, 0.6) is 0 Å². The smallest absolute Gasteiger partial charge is 0.339 e. The molecule has 0 spiro atoms. The summed E-state index contributed by atoms with van der Waals surface area (Å²) >= 11 is 0. The third-order valence-electron chi connectivity index (χ3n) is 4.46. The number of quaternary nitrogens is 1. The maximum absolute atomic E-state index is 12.4. The molecule has 1 aromatic rings. The van der Waals surface area contributed by atoms with Gasteiger partial charge in [0.05, 0.1) is 44.7 Å². The number of rotatable bonds is 3. The van der Waals surface area contributed by atoms with Gasteiger partial charge in [0.1, 0.15) is 6.10 Å². The monoisotopic (exact) mass is 289 g/mol. The van der Waals surface area contributed by atoms with Crippen LogP contribution in [0.3, 0.4) is 0 Å². The first-order chi connectivity index (χ1) is 10.2. The van der Waals surface area contributed by atoms with Gasteiger partial charge >= 0.3 is 5.97 Å². The van der Waals surface area contributed by atoms with Crippen LogP contribution < -0.4 is 4.90 Å². The minimum atomic E-state index is -0.419. The molecule has 5 heteroatoms. The first-order valence-electron chi connectivity index (χ1n) is 7.60. The molecule has 0 radical (unpaired) electrons. The number of hydrogen-bond donors (Lipinski definition) is 1. The SMILES string of the molecule is CC[NH+]1CCN(C(=O)C[C@H]2OC(=O)c3ccccc32)CC1. The number of nitrogens with one attached hydrogen (secondary N) is 1. The summed E-state index contributed by atoms with van der Waals surface area (Å²) < 4.78 is 5.34. The molecule has 1 N–H and O–H groups in total. The highest BCUT2D eigenvalue weighted by atomic mass is 16.5. The number of benzene rings is 1. The number of nitrogens with zero attached hydrogens (tertiary/aromatic N) is 1. The Morgan fingerprint density at radius 2 is 2.05 bits per heavy atom. The van der Waals surface area contributed by atoms with Crippen molar-refractivity contribution in [3.8, 4) is 0 Å². The lowest BCUT2D eigenvalue weighted by molar-refractivity contribution is -0.902. The van der Waals surface area contributed by atoms with Crippen LogP contribution >= 0.6 is 0 Å². The molecule has 0 aliphatic carbocycles. The van der Waals surface area contributed by atoms with Crippen molar-refractivity contribution in [1.82, 2.24) is 4.90 Å². The van der Waals surface area contributed by atoms with Crippen LogP contribution in [0.1, 0.15) is 35.4 Å². The summed E-state index contributed by atoms with van der Waals surface area (Å²) in [4.78, 5) is 27.6. The van der Waals surface area contributed by atoms with Gasteiger partial charge in [-0.25, -0.2) is 4.79 Å². The predicted octanol–water partition coefficient (Wildman–Crippen LogP) is 0.0352. The van der Waals surface area contributed by atoms with E-state index >= 15 is 0 Å². The molecule has 3 rings (SSSR count). The van der Waals surface area contributed by atoms with Gasteiger partial charge in [-0.2, -0.15) is 0 Å². The molecule has 0 aromatic heterocycles. The Morgan fingerprint density at radius 3 is 2.76 bits per heavy atom. The quantitative estimate of drug-likeness (QED) is 0.799. The Morgan fingerprint density at radius 1 is 1.33 bits per heavy atom. The highest BCUT2D eigenvalue weighted by Gasteiger charge is 2.34. The molecule has 1 saturated heterocycles. The molecule has 2 aliphatic rings. The third-order valence-corrected chi connectivity index (χ3v) is 4.46. The average Bonchev–Trinajstić information content (AvgIpc) is 2.84. The van der Waals surface area contributed by atoms with E-state index < -0.39 is 6.10 Å². The fourth-order valence-corrected chi connectivity index (χ4v) is 3.09. The molecule has 112 valence electrons. The second-order valence-electron chi connectivity index (χ2n) is 5.67. The van der Waals surface area contributed by atoms with Gasteiger partial charge in [-0.3, -0.25) is 4.79 Å². The highest BCUT2D eigenvalue weighted by Crippen LogP contribution is 2.33. The summed E-state index contributed by atoms with van der Waals surface area (Å²) in [5, 5.41) is 0. The van der Waals surface area contributed by atoms with E-state index in [1.807, 2.05) is 23.1 Å². The molecule has 0 unspecified atom stereocenters. The van der Waals surface area contributed by atoms with E-state index in [4.69, 9.17) is 4.74 Å². The Labute approximate surface area is 124 Å². The number of carbonyl (C=O) groups is 2. The zero-order valence-electron chi connectivity index (χ0n) is 12.3. The minimum absolute atomic E-state index is 0.0830. The molecule has 1 fully saturated rings. The van der Waals surface area contributed by atoms with E-state index in [1.54, 1.807) is 6.07 Å². The summed E-state index contributed by atoms with van der Waals surface area (Å²) in [7, 11) is 0. The number of cyclic esters (lactones) is 1. The summed E-state index contributed by atoms with van der Waals surface area (Å²) in [6.45, 7) is 6.87. The highest BCUT2D eigenvalue weighted by molar-refractivity contribution is 5.94. The van der Waals surface area contributed by atoms with Crippen molar-refractivity contribution in [3.63, 3.8) is 0 Å². The Hall–Kier alpha value is -1.88. The first-order valence-corrected chi connectivity index (χ1v) is 7.60. The van der Waals surface area contributed by atoms with Crippen LogP contribution in [-0.2, 0) is 9.53 Å². The topological polar surface area (TPSA) is 51.1 Å². The number of hydrogen-bond acceptors (Lipinski definition) is 3. The van der Waals surface area contributed by atoms with Crippen molar-refractivity contribution < 1.29 is 19.2 Å². The van der Waals surface area contributed by atoms with Crippen molar-refractivity contribution in [2.24, 2.45) is 0 Å². The zero-order valence-corrected chi connectivity index (χ0v) is 12.3. The van der Waals surface area contributed by atoms with Gasteiger partial charge in [-0.05, 0) is 13.0 Å². The predicted molar refractivity (Wildman–Crippen MR) is 77.0 cm³/mol. The molecular formula is C16H21N2O3+. The van der Waals surface area contributed by atoms with Gasteiger partial charge in [0, 0.05) is 5.56 Å². The van der Waals surface area contributed by atoms with Crippen molar-refractivity contribution in [3.05, 3.63) is 35.4 Å². The summed E-state index contributed by atoms with van der Waals surface area (Å²) in [6, 6.07) is 7.32. The molecule has 0 saturated carbocycles. The lowest BCUT2D eigenvalue weighted by Crippen LogP contribution is -3.14. The van der Waals surface area contributed by atoms with Crippen LogP contribution in [0.2, 0.25) is 0 Å². The van der Waals surface area contributed by atoms with E-state index in [2.05, 4.69) is 6.92 Å². The van der Waals surface area contributed by atoms with Gasteiger partial charge in [0.2, 0.25) is 5.91 Å². The van der Waals surface area contributed by atoms with E-state index in [0.29, 0.717) is 5.56 Å². The number of likely N-dealkylation sites (N-methyl/N-ethyl adjacent to an activating group) is 1. The van der Waals surface area contributed by atoms with E-state index in [9.17, 15) is 9.59 Å². The van der Waals surface area contributed by atoms with E-state index in [-0.39, 0.29) is 18.3 Å². The zero-order chi connectivity index (χ0) is 14.8. The molecule has 1 atom stereocenters. The molecule has 2 aliphatic heterocycles. The molecule has 5 nitrogen and oxygen atoms in total. The average molecular weight is 289 g/mol. The van der Waals surface area contributed by atoms with Gasteiger partial charge < -0.3 is 14.5 Å². The maximum Gasteiger partial charge on any atom is 0.339 e. The Bertz CT molecular complexity index is 550. The maximum atomic E-state index is 12.4. The molecule has 0 bridgehead atoms. The van der Waals surface area contributed by atoms with Crippen molar-refractivity contribution in [1.29, 1.82) is 0 Å². The molecule has 21 heavy (non-hydrogen) atoms. The van der Waals surface area contributed by atoms with Gasteiger partial charge in [0.25, 0.3) is 0 Å². The minimum Gasteiger partial charge on any atom is -0.453 e. The summed E-state index contributed by atoms with van der Waals surface area (Å²) in [6.07, 6.45) is -0.165. The van der Waals surface area contributed by atoms with E-state index in [0.717, 1.165) is 38.3 Å². The largest absolute Gasteiger partial charge is 0.453 e. The second-order valence-corrected chi connectivity index (χ2v) is 5.67. The Balaban J connectivity index is 1.63. The van der Waals surface area contributed by atoms with Crippen LogP contribution in [0.4, 0.5) is 0 Å². The van der Waals surface area contributed by atoms with Crippen LogP contribution in [0.25, 0.3) is 0 Å². The molecule has 1 aromatic carbocycles. The molecule has 1 amide bonds. The second kappa shape index (κ2) is 5.85. The Kier molecular flexibility index (Phi) is 3.92. The lowest BCUT2D eigenvalue weighted by Gasteiger charge is -2.32. The van der Waals surface area contributed by atoms with Crippen LogP contribution in [-0.4, -0.2) is 49.5 Å². The first kappa shape index (κ1) is 14.1. The van der Waals surface area contributed by atoms with Crippen LogP contribution in [0, 0.1) is 0 Å². The lowest BCUT2D eigenvalue weighted by atomic mass is 10.0. The van der Waals surface area contributed by atoms with E-state index in [1.165, 1.54) is 4.90 Å². The normalized spacial score (nSPS) is 22.0. The summed E-state index contributed by atoms with van der Waals surface area (Å²) in [5.74, 6) is -0.233. The number of esters is 1. The number of fused-ring (bicyclic) bond motifs is 1. The van der Waals surface area contributed by atoms with Gasteiger partial charge in [0.15, 0.2) is 0 Å². The number of piperazine rings is 1. The fourth-order valence-electron chi connectivity index (χ4n) is 3.09. The van der Waals surface area contributed by atoms with Crippen molar-refractivity contribution in [2.45, 2.75) is 19.4 Å². The number of carbonyl (C=O) groups excluding carboxylic acids is 2. The number of amides is 1. The fraction of sp³-hybridized carbons (Fsp3) is 0.500. The van der Waals surface area contributed by atoms with Crippen LogP contribution in [0.15, 0.2) is 24.3 Å². The van der Waals surface area contributed by atoms with Gasteiger partial charge in [-0.1, -0.05) is 18.2 Å².